The number of rotatable bonds is 4. The fraction of sp³-hybridized carbons (Fsp3) is 0.231. The zero-order valence-electron chi connectivity index (χ0n) is 9.26. The smallest absolute Gasteiger partial charge is 0.139 e. The fourth-order valence-corrected chi connectivity index (χ4v) is 1.69. The van der Waals surface area contributed by atoms with Crippen LogP contribution in [0.15, 0.2) is 36.7 Å². The van der Waals surface area contributed by atoms with E-state index in [-0.39, 0.29) is 0 Å². The van der Waals surface area contributed by atoms with Gasteiger partial charge in [-0.25, -0.2) is 4.98 Å². The maximum Gasteiger partial charge on any atom is 0.139 e. The van der Waals surface area contributed by atoms with Crippen molar-refractivity contribution >= 4 is 6.29 Å². The molecule has 2 aromatic rings. The van der Waals surface area contributed by atoms with Gasteiger partial charge in [0.05, 0.1) is 0 Å². The summed E-state index contributed by atoms with van der Waals surface area (Å²) >= 11 is 0. The molecule has 0 unspecified atom stereocenters. The first-order valence-corrected chi connectivity index (χ1v) is 5.31. The molecule has 0 radical (unpaired) electrons. The van der Waals surface area contributed by atoms with Crippen molar-refractivity contribution in [1.82, 2.24) is 9.55 Å². The van der Waals surface area contributed by atoms with Crippen molar-refractivity contribution in [2.45, 2.75) is 12.8 Å². The molecule has 16 heavy (non-hydrogen) atoms. The lowest BCUT2D eigenvalue weighted by molar-refractivity contribution is -0.107. The summed E-state index contributed by atoms with van der Waals surface area (Å²) in [7, 11) is 1.97. The van der Waals surface area contributed by atoms with E-state index in [0.717, 1.165) is 24.1 Å². The Kier molecular flexibility index (Phi) is 3.15. The maximum atomic E-state index is 10.3. The number of hydrogen-bond acceptors (Lipinski definition) is 2. The maximum absolute atomic E-state index is 10.3. The Labute approximate surface area is 94.7 Å². The van der Waals surface area contributed by atoms with E-state index in [9.17, 15) is 4.79 Å². The molecule has 0 aliphatic carbocycles. The number of carbonyl (C=O) groups is 1. The zero-order valence-corrected chi connectivity index (χ0v) is 9.26. The monoisotopic (exact) mass is 214 g/mol. The molecule has 3 heteroatoms. The standard InChI is InChI=1S/C13H14N2O/c1-15-9-8-14-13(15)12-6-4-11(5-7-12)3-2-10-16/h4-10H,2-3H2,1H3. The Morgan fingerprint density at radius 2 is 2.06 bits per heavy atom. The van der Waals surface area contributed by atoms with Gasteiger partial charge in [0.25, 0.3) is 0 Å². The van der Waals surface area contributed by atoms with Gasteiger partial charge in [0, 0.05) is 31.4 Å². The summed E-state index contributed by atoms with van der Waals surface area (Å²) in [5.74, 6) is 0.960. The third kappa shape index (κ3) is 2.19. The van der Waals surface area contributed by atoms with Crippen LogP contribution in [-0.2, 0) is 18.3 Å². The van der Waals surface area contributed by atoms with Crippen LogP contribution in [0, 0.1) is 0 Å². The molecule has 82 valence electrons. The first-order valence-electron chi connectivity index (χ1n) is 5.31. The summed E-state index contributed by atoms with van der Waals surface area (Å²) in [5, 5.41) is 0. The lowest BCUT2D eigenvalue weighted by atomic mass is 10.1. The largest absolute Gasteiger partial charge is 0.334 e. The number of benzene rings is 1. The van der Waals surface area contributed by atoms with Crippen molar-refractivity contribution in [3.63, 3.8) is 0 Å². The molecular weight excluding hydrogens is 200 g/mol. The quantitative estimate of drug-likeness (QED) is 0.731. The van der Waals surface area contributed by atoms with E-state index in [2.05, 4.69) is 4.98 Å². The van der Waals surface area contributed by atoms with E-state index in [1.807, 2.05) is 42.1 Å². The van der Waals surface area contributed by atoms with E-state index in [1.165, 1.54) is 5.56 Å². The van der Waals surface area contributed by atoms with Gasteiger partial charge in [-0.15, -0.1) is 0 Å². The molecule has 3 nitrogen and oxygen atoms in total. The van der Waals surface area contributed by atoms with Gasteiger partial charge >= 0.3 is 0 Å². The minimum absolute atomic E-state index is 0.585. The van der Waals surface area contributed by atoms with Crippen LogP contribution in [0.2, 0.25) is 0 Å². The second kappa shape index (κ2) is 4.75. The van der Waals surface area contributed by atoms with Crippen molar-refractivity contribution in [3.8, 4) is 11.4 Å². The van der Waals surface area contributed by atoms with Crippen LogP contribution in [-0.4, -0.2) is 15.8 Å². The summed E-state index contributed by atoms with van der Waals surface area (Å²) in [5.41, 5.74) is 2.28. The highest BCUT2D eigenvalue weighted by Crippen LogP contribution is 2.17. The first kappa shape index (κ1) is 10.6. The average molecular weight is 214 g/mol. The third-order valence-electron chi connectivity index (χ3n) is 2.58. The van der Waals surface area contributed by atoms with Crippen LogP contribution >= 0.6 is 0 Å². The van der Waals surface area contributed by atoms with Gasteiger partial charge in [0.1, 0.15) is 12.1 Å². The zero-order chi connectivity index (χ0) is 11.4. The van der Waals surface area contributed by atoms with E-state index in [4.69, 9.17) is 0 Å². The van der Waals surface area contributed by atoms with Crippen LogP contribution in [0.5, 0.6) is 0 Å². The molecule has 1 aromatic carbocycles. The Morgan fingerprint density at radius 3 is 2.62 bits per heavy atom. The number of nitrogens with zero attached hydrogens (tertiary/aromatic N) is 2. The Bertz CT molecular complexity index is 471. The number of hydrogen-bond donors (Lipinski definition) is 0. The van der Waals surface area contributed by atoms with Crippen molar-refractivity contribution in [1.29, 1.82) is 0 Å². The van der Waals surface area contributed by atoms with Crippen molar-refractivity contribution in [2.75, 3.05) is 0 Å². The van der Waals surface area contributed by atoms with Crippen molar-refractivity contribution in [3.05, 3.63) is 42.2 Å². The molecule has 0 aliphatic rings. The van der Waals surface area contributed by atoms with Crippen LogP contribution in [0.3, 0.4) is 0 Å². The van der Waals surface area contributed by atoms with Crippen LogP contribution in [0.1, 0.15) is 12.0 Å². The fourth-order valence-electron chi connectivity index (χ4n) is 1.69. The number of aromatic nitrogens is 2. The Balaban J connectivity index is 2.19. The first-order chi connectivity index (χ1) is 7.81. The van der Waals surface area contributed by atoms with Gasteiger partial charge in [-0.3, -0.25) is 0 Å². The minimum Gasteiger partial charge on any atom is -0.334 e. The summed E-state index contributed by atoms with van der Waals surface area (Å²) in [6, 6.07) is 8.19. The van der Waals surface area contributed by atoms with Gasteiger partial charge in [0.15, 0.2) is 0 Å². The molecule has 0 fully saturated rings. The molecule has 0 bridgehead atoms. The van der Waals surface area contributed by atoms with E-state index < -0.39 is 0 Å². The highest BCUT2D eigenvalue weighted by atomic mass is 16.1. The summed E-state index contributed by atoms with van der Waals surface area (Å²) in [6.45, 7) is 0. The lowest BCUT2D eigenvalue weighted by Gasteiger charge is -2.03. The number of carbonyl (C=O) groups excluding carboxylic acids is 1. The van der Waals surface area contributed by atoms with Crippen molar-refractivity contribution in [2.24, 2.45) is 7.05 Å². The topological polar surface area (TPSA) is 34.9 Å². The molecule has 0 amide bonds. The molecule has 1 aromatic heterocycles. The molecule has 0 saturated heterocycles. The molecule has 0 saturated carbocycles. The predicted molar refractivity (Wildman–Crippen MR) is 63.0 cm³/mol. The number of aldehydes is 1. The molecule has 0 aliphatic heterocycles. The lowest BCUT2D eigenvalue weighted by Crippen LogP contribution is -1.92. The number of imidazole rings is 1. The van der Waals surface area contributed by atoms with Gasteiger partial charge < -0.3 is 9.36 Å². The van der Waals surface area contributed by atoms with E-state index in [0.29, 0.717) is 6.42 Å². The minimum atomic E-state index is 0.585. The van der Waals surface area contributed by atoms with Crippen LogP contribution in [0.25, 0.3) is 11.4 Å². The molecular formula is C13H14N2O. The summed E-state index contributed by atoms with van der Waals surface area (Å²) in [6.07, 6.45) is 6.06. The molecule has 2 rings (SSSR count). The Hall–Kier alpha value is -1.90. The van der Waals surface area contributed by atoms with Gasteiger partial charge in [0.2, 0.25) is 0 Å². The van der Waals surface area contributed by atoms with E-state index in [1.54, 1.807) is 6.20 Å². The molecule has 0 N–H and O–H groups in total. The Morgan fingerprint density at radius 1 is 1.31 bits per heavy atom. The normalized spacial score (nSPS) is 10.3. The summed E-state index contributed by atoms with van der Waals surface area (Å²) < 4.78 is 1.99. The summed E-state index contributed by atoms with van der Waals surface area (Å²) in [4.78, 5) is 14.5. The predicted octanol–water partition coefficient (Wildman–Crippen LogP) is 2.22. The van der Waals surface area contributed by atoms with Crippen molar-refractivity contribution < 1.29 is 4.79 Å². The highest BCUT2D eigenvalue weighted by molar-refractivity contribution is 5.56. The van der Waals surface area contributed by atoms with Gasteiger partial charge in [-0.1, -0.05) is 24.3 Å². The second-order valence-corrected chi connectivity index (χ2v) is 3.76. The molecule has 0 spiro atoms. The van der Waals surface area contributed by atoms with Crippen LogP contribution in [0.4, 0.5) is 0 Å². The third-order valence-corrected chi connectivity index (χ3v) is 2.58. The molecule has 0 atom stereocenters. The average Bonchev–Trinajstić information content (AvgIpc) is 2.74. The highest BCUT2D eigenvalue weighted by Gasteiger charge is 2.02. The molecule has 1 heterocycles. The second-order valence-electron chi connectivity index (χ2n) is 3.76. The van der Waals surface area contributed by atoms with E-state index >= 15 is 0 Å². The number of aryl methyl sites for hydroxylation is 2. The SMILES string of the molecule is Cn1ccnc1-c1ccc(CCC=O)cc1. The van der Waals surface area contributed by atoms with Gasteiger partial charge in [-0.2, -0.15) is 0 Å². The van der Waals surface area contributed by atoms with Gasteiger partial charge in [-0.05, 0) is 12.0 Å². The van der Waals surface area contributed by atoms with Crippen LogP contribution < -0.4 is 0 Å².